The number of aromatic nitrogens is 2. The van der Waals surface area contributed by atoms with Crippen LogP contribution >= 0.6 is 0 Å². The van der Waals surface area contributed by atoms with E-state index in [1.54, 1.807) is 9.80 Å². The van der Waals surface area contributed by atoms with Crippen molar-refractivity contribution in [3.8, 4) is 0 Å². The summed E-state index contributed by atoms with van der Waals surface area (Å²) in [6, 6.07) is 0.188. The summed E-state index contributed by atoms with van der Waals surface area (Å²) in [6.07, 6.45) is 3.84. The summed E-state index contributed by atoms with van der Waals surface area (Å²) in [5, 5.41) is 7.00. The van der Waals surface area contributed by atoms with Gasteiger partial charge in [-0.1, -0.05) is 29.5 Å². The molecule has 3 rings (SSSR count). The fraction of sp³-hybridized carbons (Fsp3) is 0.824. The molecule has 1 aliphatic heterocycles. The van der Waals surface area contributed by atoms with Gasteiger partial charge in [0.1, 0.15) is 5.60 Å². The number of hydrogen-bond donors (Lipinski definition) is 0. The van der Waals surface area contributed by atoms with E-state index in [0.29, 0.717) is 39.0 Å². The average Bonchev–Trinajstić information content (AvgIpc) is 3.12. The molecule has 2 aliphatic rings. The molecular formula is C17H28N4O5S. The van der Waals surface area contributed by atoms with E-state index in [1.807, 2.05) is 20.8 Å². The molecular weight excluding hydrogens is 372 g/mol. The molecule has 27 heavy (non-hydrogen) atoms. The van der Waals surface area contributed by atoms with Crippen LogP contribution in [0, 0.1) is 0 Å². The van der Waals surface area contributed by atoms with Crippen LogP contribution in [0.5, 0.6) is 0 Å². The van der Waals surface area contributed by atoms with E-state index in [1.165, 1.54) is 0 Å². The molecule has 10 heteroatoms. The number of hydrogen-bond acceptors (Lipinski definition) is 8. The lowest BCUT2D eigenvalue weighted by molar-refractivity contribution is 0.0238. The van der Waals surface area contributed by atoms with Gasteiger partial charge in [0.25, 0.3) is 0 Å². The van der Waals surface area contributed by atoms with Gasteiger partial charge in [-0.3, -0.25) is 0 Å². The van der Waals surface area contributed by atoms with Crippen LogP contribution in [0.2, 0.25) is 0 Å². The normalized spacial score (nSPS) is 20.0. The summed E-state index contributed by atoms with van der Waals surface area (Å²) in [5.74, 6) is 0. The SMILES string of the molecule is CC(C)(C)OC(=O)N1CCN(c2nnc(S(=O)(=O)C3CCCCC3)o2)CC1. The summed E-state index contributed by atoms with van der Waals surface area (Å²) in [6.45, 7) is 7.33. The Morgan fingerprint density at radius 3 is 2.30 bits per heavy atom. The zero-order valence-corrected chi connectivity index (χ0v) is 17.0. The summed E-state index contributed by atoms with van der Waals surface area (Å²) in [7, 11) is -3.58. The van der Waals surface area contributed by atoms with Crippen LogP contribution in [0.3, 0.4) is 0 Å². The van der Waals surface area contributed by atoms with Crippen LogP contribution in [0.15, 0.2) is 9.64 Å². The van der Waals surface area contributed by atoms with E-state index < -0.39 is 20.7 Å². The number of amides is 1. The number of sulfone groups is 1. The van der Waals surface area contributed by atoms with Gasteiger partial charge in [-0.05, 0) is 33.6 Å². The number of carbonyl (C=O) groups is 1. The number of carbonyl (C=O) groups excluding carboxylic acids is 1. The quantitative estimate of drug-likeness (QED) is 0.760. The Bertz CT molecular complexity index is 757. The minimum Gasteiger partial charge on any atom is -0.444 e. The molecule has 152 valence electrons. The van der Waals surface area contributed by atoms with E-state index in [-0.39, 0.29) is 17.3 Å². The molecule has 1 saturated carbocycles. The Kier molecular flexibility index (Phi) is 5.64. The number of rotatable bonds is 3. The second kappa shape index (κ2) is 7.65. The fourth-order valence-electron chi connectivity index (χ4n) is 3.37. The molecule has 0 unspecified atom stereocenters. The first-order valence-corrected chi connectivity index (χ1v) is 11.0. The summed E-state index contributed by atoms with van der Waals surface area (Å²) in [4.78, 5) is 15.5. The highest BCUT2D eigenvalue weighted by molar-refractivity contribution is 7.91. The monoisotopic (exact) mass is 400 g/mol. The first kappa shape index (κ1) is 19.9. The molecule has 1 saturated heterocycles. The molecule has 0 radical (unpaired) electrons. The van der Waals surface area contributed by atoms with Gasteiger partial charge in [-0.25, -0.2) is 13.2 Å². The lowest BCUT2D eigenvalue weighted by Gasteiger charge is -2.34. The maximum atomic E-state index is 12.7. The molecule has 0 spiro atoms. The van der Waals surface area contributed by atoms with Gasteiger partial charge < -0.3 is 19.0 Å². The van der Waals surface area contributed by atoms with Crippen molar-refractivity contribution in [2.45, 2.75) is 68.9 Å². The Morgan fingerprint density at radius 1 is 1.07 bits per heavy atom. The second-order valence-corrected chi connectivity index (χ2v) is 10.2. The number of ether oxygens (including phenoxy) is 1. The molecule has 1 aromatic rings. The predicted molar refractivity (Wildman–Crippen MR) is 98.4 cm³/mol. The molecule has 0 N–H and O–H groups in total. The van der Waals surface area contributed by atoms with Gasteiger partial charge >= 0.3 is 17.3 Å². The average molecular weight is 401 g/mol. The van der Waals surface area contributed by atoms with Crippen molar-refractivity contribution in [3.63, 3.8) is 0 Å². The molecule has 1 amide bonds. The summed E-state index contributed by atoms with van der Waals surface area (Å²) >= 11 is 0. The van der Waals surface area contributed by atoms with Crippen molar-refractivity contribution in [1.29, 1.82) is 0 Å². The van der Waals surface area contributed by atoms with E-state index in [2.05, 4.69) is 10.2 Å². The summed E-state index contributed by atoms with van der Waals surface area (Å²) in [5.41, 5.74) is -0.539. The van der Waals surface area contributed by atoms with Crippen molar-refractivity contribution in [3.05, 3.63) is 0 Å². The van der Waals surface area contributed by atoms with Crippen molar-refractivity contribution in [2.24, 2.45) is 0 Å². The van der Waals surface area contributed by atoms with Gasteiger partial charge in [0.15, 0.2) is 0 Å². The third-order valence-electron chi connectivity index (χ3n) is 4.83. The largest absolute Gasteiger partial charge is 0.444 e. The molecule has 0 bridgehead atoms. The van der Waals surface area contributed by atoms with E-state index in [9.17, 15) is 13.2 Å². The number of anilines is 1. The molecule has 0 atom stereocenters. The standard InChI is InChI=1S/C17H28N4O5S/c1-17(2,3)26-16(22)21-11-9-20(10-12-21)14-18-19-15(25-14)27(23,24)13-7-5-4-6-8-13/h13H,4-12H2,1-3H3. The molecule has 1 aliphatic carbocycles. The third-order valence-corrected chi connectivity index (χ3v) is 6.83. The first-order valence-electron chi connectivity index (χ1n) is 9.47. The minimum absolute atomic E-state index is 0.188. The Morgan fingerprint density at radius 2 is 1.70 bits per heavy atom. The minimum atomic E-state index is -3.58. The van der Waals surface area contributed by atoms with Crippen LogP contribution in [0.1, 0.15) is 52.9 Å². The van der Waals surface area contributed by atoms with E-state index >= 15 is 0 Å². The Balaban J connectivity index is 1.60. The second-order valence-electron chi connectivity index (χ2n) is 8.11. The first-order chi connectivity index (χ1) is 12.7. The number of nitrogens with zero attached hydrogens (tertiary/aromatic N) is 4. The van der Waals surface area contributed by atoms with Crippen LogP contribution in [0.4, 0.5) is 10.8 Å². The fourth-order valence-corrected chi connectivity index (χ4v) is 4.95. The maximum absolute atomic E-state index is 12.7. The zero-order valence-electron chi connectivity index (χ0n) is 16.2. The van der Waals surface area contributed by atoms with E-state index in [0.717, 1.165) is 19.3 Å². The van der Waals surface area contributed by atoms with Gasteiger partial charge in [-0.15, -0.1) is 0 Å². The molecule has 2 heterocycles. The lowest BCUT2D eigenvalue weighted by Crippen LogP contribution is -2.50. The highest BCUT2D eigenvalue weighted by Crippen LogP contribution is 2.29. The Labute approximate surface area is 160 Å². The molecule has 9 nitrogen and oxygen atoms in total. The van der Waals surface area contributed by atoms with Gasteiger partial charge in [-0.2, -0.15) is 0 Å². The van der Waals surface area contributed by atoms with Gasteiger partial charge in [0, 0.05) is 26.2 Å². The predicted octanol–water partition coefficient (Wildman–Crippen LogP) is 2.23. The third kappa shape index (κ3) is 4.72. The highest BCUT2D eigenvalue weighted by atomic mass is 32.2. The van der Waals surface area contributed by atoms with Crippen molar-refractivity contribution in [2.75, 3.05) is 31.1 Å². The smallest absolute Gasteiger partial charge is 0.410 e. The molecule has 2 fully saturated rings. The van der Waals surface area contributed by atoms with Gasteiger partial charge in [0.2, 0.25) is 9.84 Å². The van der Waals surface area contributed by atoms with E-state index in [4.69, 9.17) is 9.15 Å². The molecule has 1 aromatic heterocycles. The van der Waals surface area contributed by atoms with Crippen molar-refractivity contribution in [1.82, 2.24) is 15.1 Å². The van der Waals surface area contributed by atoms with Crippen LogP contribution in [0.25, 0.3) is 0 Å². The van der Waals surface area contributed by atoms with Crippen molar-refractivity contribution >= 4 is 21.9 Å². The molecule has 0 aromatic carbocycles. The topological polar surface area (TPSA) is 106 Å². The van der Waals surface area contributed by atoms with Crippen LogP contribution in [-0.4, -0.2) is 66.6 Å². The summed E-state index contributed by atoms with van der Waals surface area (Å²) < 4.78 is 36.2. The zero-order chi connectivity index (χ0) is 19.7. The van der Waals surface area contributed by atoms with Crippen molar-refractivity contribution < 1.29 is 22.4 Å². The number of piperazine rings is 1. The van der Waals surface area contributed by atoms with Crippen LogP contribution < -0.4 is 4.90 Å². The maximum Gasteiger partial charge on any atom is 0.410 e. The lowest BCUT2D eigenvalue weighted by atomic mass is 10.0. The highest BCUT2D eigenvalue weighted by Gasteiger charge is 2.35. The van der Waals surface area contributed by atoms with Crippen LogP contribution in [-0.2, 0) is 14.6 Å². The van der Waals surface area contributed by atoms with Gasteiger partial charge in [0.05, 0.1) is 5.25 Å². The Hall–Kier alpha value is -1.84.